The van der Waals surface area contributed by atoms with E-state index in [1.807, 2.05) is 27.7 Å². The Morgan fingerprint density at radius 1 is 1.07 bits per heavy atom. The maximum atomic E-state index is 15.8. The van der Waals surface area contributed by atoms with E-state index >= 15 is 4.39 Å². The normalized spacial score (nSPS) is 15.1. The molecule has 0 aromatic heterocycles. The molecular weight excluding hydrogens is 541 g/mol. The number of methoxy groups -OCH3 is 1. The Bertz CT molecular complexity index is 1360. The molecule has 2 N–H and O–H groups in total. The molecule has 2 aromatic rings. The molecule has 0 unspecified atom stereocenters. The van der Waals surface area contributed by atoms with Crippen LogP contribution in [0.5, 0.6) is 11.5 Å². The molecule has 4 rings (SSSR count). The fourth-order valence-corrected chi connectivity index (χ4v) is 5.53. The number of nitrogens with zero attached hydrogens (tertiary/aromatic N) is 2. The highest BCUT2D eigenvalue weighted by Crippen LogP contribution is 2.58. The summed E-state index contributed by atoms with van der Waals surface area (Å²) in [5.74, 6) is -1.02. The van der Waals surface area contributed by atoms with E-state index in [1.165, 1.54) is 4.90 Å². The third-order valence-electron chi connectivity index (χ3n) is 7.92. The molecule has 0 radical (unpaired) electrons. The zero-order valence-electron chi connectivity index (χ0n) is 25.4. The second-order valence-electron chi connectivity index (χ2n) is 11.8. The molecule has 0 atom stereocenters. The van der Waals surface area contributed by atoms with Crippen LogP contribution in [0.2, 0.25) is 0 Å². The first-order chi connectivity index (χ1) is 19.9. The van der Waals surface area contributed by atoms with Crippen LogP contribution >= 0.6 is 0 Å². The summed E-state index contributed by atoms with van der Waals surface area (Å²) in [5.41, 5.74) is 1.25. The van der Waals surface area contributed by atoms with E-state index in [0.29, 0.717) is 55.0 Å². The first-order valence-corrected chi connectivity index (χ1v) is 14.5. The van der Waals surface area contributed by atoms with Crippen molar-refractivity contribution in [1.82, 2.24) is 9.80 Å². The number of fused-ring (bicyclic) bond motifs is 2. The first kappa shape index (κ1) is 31.4. The Morgan fingerprint density at radius 2 is 1.74 bits per heavy atom. The van der Waals surface area contributed by atoms with Crippen molar-refractivity contribution in [2.24, 2.45) is 0 Å². The number of carbonyl (C=O) groups is 2. The van der Waals surface area contributed by atoms with E-state index in [9.17, 15) is 14.7 Å². The van der Waals surface area contributed by atoms with Gasteiger partial charge in [0.1, 0.15) is 5.84 Å². The van der Waals surface area contributed by atoms with Crippen LogP contribution in [0.15, 0.2) is 24.3 Å². The molecular formula is C32H42FN3O6. The van der Waals surface area contributed by atoms with Gasteiger partial charge in [0.2, 0.25) is 0 Å². The Hall–Kier alpha value is -3.50. The molecule has 1 saturated carbocycles. The lowest BCUT2D eigenvalue weighted by molar-refractivity contribution is 0.0656. The number of carbonyl (C=O) groups excluding carboxylic acids is 2. The highest BCUT2D eigenvalue weighted by atomic mass is 19.1. The molecule has 2 aromatic carbocycles. The minimum absolute atomic E-state index is 0.0197. The van der Waals surface area contributed by atoms with E-state index in [0.717, 1.165) is 5.56 Å². The summed E-state index contributed by atoms with van der Waals surface area (Å²) in [6.45, 7) is 10.5. The Labute approximate surface area is 247 Å². The third kappa shape index (κ3) is 5.87. The molecule has 1 aliphatic carbocycles. The monoisotopic (exact) mass is 583 g/mol. The van der Waals surface area contributed by atoms with E-state index in [1.54, 1.807) is 43.2 Å². The smallest absolute Gasteiger partial charge is 0.254 e. The third-order valence-corrected chi connectivity index (χ3v) is 7.92. The van der Waals surface area contributed by atoms with Gasteiger partial charge in [0.25, 0.3) is 5.91 Å². The van der Waals surface area contributed by atoms with Crippen LogP contribution in [0.25, 0.3) is 0 Å². The molecule has 1 fully saturated rings. The van der Waals surface area contributed by atoms with Gasteiger partial charge >= 0.3 is 0 Å². The molecule has 0 bridgehead atoms. The van der Waals surface area contributed by atoms with Crippen molar-refractivity contribution in [3.05, 3.63) is 57.9 Å². The van der Waals surface area contributed by atoms with Gasteiger partial charge in [-0.2, -0.15) is 0 Å². The number of nitrogens with one attached hydrogen (secondary N) is 1. The second kappa shape index (κ2) is 12.4. The second-order valence-corrected chi connectivity index (χ2v) is 11.8. The van der Waals surface area contributed by atoms with Crippen molar-refractivity contribution in [2.75, 3.05) is 53.2 Å². The minimum Gasteiger partial charge on any atom is -0.490 e. The predicted molar refractivity (Wildman–Crippen MR) is 158 cm³/mol. The number of aliphatic hydroxyl groups is 1. The summed E-state index contributed by atoms with van der Waals surface area (Å²) in [7, 11) is 1.54. The van der Waals surface area contributed by atoms with Crippen LogP contribution in [-0.2, 0) is 15.7 Å². The highest BCUT2D eigenvalue weighted by molar-refractivity contribution is 6.08. The predicted octanol–water partition coefficient (Wildman–Crippen LogP) is 4.51. The maximum absolute atomic E-state index is 15.8. The van der Waals surface area contributed by atoms with Gasteiger partial charge in [0.05, 0.1) is 44.1 Å². The topological polar surface area (TPSA) is 112 Å². The van der Waals surface area contributed by atoms with Crippen LogP contribution in [0.1, 0.15) is 84.9 Å². The number of amidine groups is 1. The molecule has 1 spiro atoms. The molecule has 42 heavy (non-hydrogen) atoms. The van der Waals surface area contributed by atoms with Crippen molar-refractivity contribution in [1.29, 1.82) is 5.41 Å². The maximum Gasteiger partial charge on any atom is 0.254 e. The van der Waals surface area contributed by atoms with Crippen LogP contribution in [0.3, 0.4) is 0 Å². The summed E-state index contributed by atoms with van der Waals surface area (Å²) in [6.07, 6.45) is 1.35. The van der Waals surface area contributed by atoms with Crippen molar-refractivity contribution >= 4 is 17.5 Å². The number of ketones is 1. The zero-order chi connectivity index (χ0) is 30.8. The quantitative estimate of drug-likeness (QED) is 0.334. The van der Waals surface area contributed by atoms with Crippen LogP contribution in [0, 0.1) is 11.2 Å². The molecule has 0 saturated heterocycles. The average molecular weight is 584 g/mol. The van der Waals surface area contributed by atoms with Gasteiger partial charge in [-0.3, -0.25) is 15.0 Å². The lowest BCUT2D eigenvalue weighted by atomic mass is 9.84. The van der Waals surface area contributed by atoms with Crippen molar-refractivity contribution in [3.63, 3.8) is 0 Å². The van der Waals surface area contributed by atoms with E-state index in [-0.39, 0.29) is 60.6 Å². The number of halogens is 1. The van der Waals surface area contributed by atoms with Gasteiger partial charge < -0.3 is 29.1 Å². The number of benzene rings is 2. The van der Waals surface area contributed by atoms with E-state index in [2.05, 4.69) is 0 Å². The van der Waals surface area contributed by atoms with Crippen LogP contribution in [-0.4, -0.2) is 85.6 Å². The molecule has 1 heterocycles. The summed E-state index contributed by atoms with van der Waals surface area (Å²) in [4.78, 5) is 30.6. The number of hydrogen-bond acceptors (Lipinski definition) is 7. The molecule has 2 aliphatic rings. The largest absolute Gasteiger partial charge is 0.490 e. The van der Waals surface area contributed by atoms with Gasteiger partial charge in [-0.25, -0.2) is 4.39 Å². The van der Waals surface area contributed by atoms with Gasteiger partial charge in [-0.1, -0.05) is 20.8 Å². The first-order valence-electron chi connectivity index (χ1n) is 14.5. The van der Waals surface area contributed by atoms with Crippen LogP contribution in [0.4, 0.5) is 4.39 Å². The van der Waals surface area contributed by atoms with E-state index < -0.39 is 11.4 Å². The van der Waals surface area contributed by atoms with Gasteiger partial charge in [-0.15, -0.1) is 0 Å². The number of hydrogen-bond donors (Lipinski definition) is 2. The Kier molecular flexibility index (Phi) is 9.27. The number of amides is 1. The number of rotatable bonds is 13. The SMILES string of the molecule is CCOc1cc2c(c(F)c1OCC)C(=N)N(CC(=O)c1cc(C(=O)N(CCO)CCOC)cc(C(C)(C)C)c1)C21CC1. The summed E-state index contributed by atoms with van der Waals surface area (Å²) in [5, 5.41) is 18.5. The Balaban J connectivity index is 1.70. The summed E-state index contributed by atoms with van der Waals surface area (Å²) in [6, 6.07) is 6.90. The summed E-state index contributed by atoms with van der Waals surface area (Å²) < 4.78 is 32.2. The number of ether oxygens (including phenoxy) is 3. The Morgan fingerprint density at radius 3 is 2.31 bits per heavy atom. The molecule has 9 nitrogen and oxygen atoms in total. The minimum atomic E-state index is -0.655. The highest BCUT2D eigenvalue weighted by Gasteiger charge is 2.58. The number of Topliss-reactive ketones (excluding diaryl/α,β-unsaturated/α-hetero) is 1. The molecule has 228 valence electrons. The zero-order valence-corrected chi connectivity index (χ0v) is 25.4. The van der Waals surface area contributed by atoms with Crippen LogP contribution < -0.4 is 9.47 Å². The molecule has 10 heteroatoms. The summed E-state index contributed by atoms with van der Waals surface area (Å²) >= 11 is 0. The number of aliphatic hydroxyl groups excluding tert-OH is 1. The fourth-order valence-electron chi connectivity index (χ4n) is 5.53. The van der Waals surface area contributed by atoms with Gasteiger partial charge in [0.15, 0.2) is 23.1 Å². The van der Waals surface area contributed by atoms with Crippen molar-refractivity contribution < 1.29 is 33.3 Å². The van der Waals surface area contributed by atoms with Crippen molar-refractivity contribution in [2.45, 2.75) is 58.4 Å². The standard InChI is InChI=1S/C32H42FN3O6/c1-7-41-25-18-23-26(27(33)28(25)42-8-2)29(34)36(32(23)9-10-32)19-24(38)20-15-21(17-22(16-20)31(3,4)5)30(39)35(11-13-37)12-14-40-6/h15-18,34,37H,7-14,19H2,1-6H3. The molecule has 1 amide bonds. The fraction of sp³-hybridized carbons (Fsp3) is 0.531. The van der Waals surface area contributed by atoms with E-state index in [4.69, 9.17) is 19.6 Å². The van der Waals surface area contributed by atoms with Crippen molar-refractivity contribution in [3.8, 4) is 11.5 Å². The van der Waals surface area contributed by atoms with Gasteiger partial charge in [0, 0.05) is 31.3 Å². The lowest BCUT2D eigenvalue weighted by Crippen LogP contribution is -2.38. The lowest BCUT2D eigenvalue weighted by Gasteiger charge is -2.27. The van der Waals surface area contributed by atoms with Gasteiger partial charge in [-0.05, 0) is 67.5 Å². The average Bonchev–Trinajstić information content (AvgIpc) is 3.72. The molecule has 1 aliphatic heterocycles.